The molecule has 0 N–H and O–H groups in total. The van der Waals surface area contributed by atoms with E-state index in [1.54, 1.807) is 0 Å². The van der Waals surface area contributed by atoms with Gasteiger partial charge in [-0.2, -0.15) is 0 Å². The molecule has 1 saturated heterocycles. The van der Waals surface area contributed by atoms with Crippen molar-refractivity contribution in [1.82, 2.24) is 4.90 Å². The SMILES string of the molecule is CC1CCCC1C(=O)N(C)C1CCC2(CC1)OCCO2. The van der Waals surface area contributed by atoms with Crippen LogP contribution >= 0.6 is 0 Å². The molecule has 0 radical (unpaired) electrons. The number of ether oxygens (including phenoxy) is 2. The van der Waals surface area contributed by atoms with Crippen LogP contribution in [0.15, 0.2) is 0 Å². The molecule has 2 aliphatic carbocycles. The normalized spacial score (nSPS) is 33.7. The Hall–Kier alpha value is -0.610. The van der Waals surface area contributed by atoms with E-state index in [4.69, 9.17) is 9.47 Å². The van der Waals surface area contributed by atoms with Crippen LogP contribution in [0, 0.1) is 11.8 Å². The van der Waals surface area contributed by atoms with Crippen molar-refractivity contribution < 1.29 is 14.3 Å². The summed E-state index contributed by atoms with van der Waals surface area (Å²) in [6, 6.07) is 0.369. The van der Waals surface area contributed by atoms with Gasteiger partial charge in [0.05, 0.1) is 13.2 Å². The van der Waals surface area contributed by atoms with Crippen LogP contribution in [0.2, 0.25) is 0 Å². The lowest BCUT2D eigenvalue weighted by molar-refractivity contribution is -0.185. The molecule has 0 aromatic carbocycles. The predicted molar refractivity (Wildman–Crippen MR) is 76.2 cm³/mol. The predicted octanol–water partition coefficient (Wildman–Crippen LogP) is 2.57. The minimum Gasteiger partial charge on any atom is -0.348 e. The van der Waals surface area contributed by atoms with Gasteiger partial charge in [0, 0.05) is 31.8 Å². The molecule has 1 aliphatic heterocycles. The van der Waals surface area contributed by atoms with Crippen molar-refractivity contribution in [2.45, 2.75) is 63.7 Å². The van der Waals surface area contributed by atoms with E-state index in [9.17, 15) is 4.79 Å². The summed E-state index contributed by atoms with van der Waals surface area (Å²) in [5, 5.41) is 0. The molecule has 1 heterocycles. The lowest BCUT2D eigenvalue weighted by Crippen LogP contribution is -2.46. The molecule has 2 saturated carbocycles. The zero-order valence-corrected chi connectivity index (χ0v) is 12.8. The number of rotatable bonds is 2. The summed E-state index contributed by atoms with van der Waals surface area (Å²) in [6.07, 6.45) is 7.35. The molecule has 114 valence electrons. The second kappa shape index (κ2) is 5.64. The first-order valence-electron chi connectivity index (χ1n) is 8.16. The highest BCUT2D eigenvalue weighted by Gasteiger charge is 2.42. The van der Waals surface area contributed by atoms with Crippen LogP contribution < -0.4 is 0 Å². The first-order valence-corrected chi connectivity index (χ1v) is 8.16. The molecule has 2 atom stereocenters. The van der Waals surface area contributed by atoms with E-state index in [1.165, 1.54) is 12.8 Å². The maximum Gasteiger partial charge on any atom is 0.225 e. The van der Waals surface area contributed by atoms with E-state index < -0.39 is 0 Å². The summed E-state index contributed by atoms with van der Waals surface area (Å²) in [5.74, 6) is 0.863. The highest BCUT2D eigenvalue weighted by Crippen LogP contribution is 2.38. The Morgan fingerprint density at radius 3 is 2.30 bits per heavy atom. The lowest BCUT2D eigenvalue weighted by atomic mass is 9.88. The quantitative estimate of drug-likeness (QED) is 0.781. The molecule has 3 aliphatic rings. The number of carbonyl (C=O) groups is 1. The molecule has 3 rings (SSSR count). The summed E-state index contributed by atoms with van der Waals surface area (Å²) in [6.45, 7) is 3.66. The summed E-state index contributed by atoms with van der Waals surface area (Å²) < 4.78 is 11.5. The fourth-order valence-corrected chi connectivity index (χ4v) is 4.17. The standard InChI is InChI=1S/C16H27NO3/c1-12-4-3-5-14(12)15(18)17(2)13-6-8-16(9-7-13)19-10-11-20-16/h12-14H,3-11H2,1-2H3. The van der Waals surface area contributed by atoms with Crippen LogP contribution in [0.3, 0.4) is 0 Å². The fourth-order valence-electron chi connectivity index (χ4n) is 4.17. The van der Waals surface area contributed by atoms with Crippen LogP contribution in [-0.4, -0.2) is 42.9 Å². The molecule has 3 fully saturated rings. The van der Waals surface area contributed by atoms with Crippen molar-refractivity contribution in [3.8, 4) is 0 Å². The lowest BCUT2D eigenvalue weighted by Gasteiger charge is -2.40. The second-order valence-corrected chi connectivity index (χ2v) is 6.80. The molecule has 4 nitrogen and oxygen atoms in total. The van der Waals surface area contributed by atoms with Crippen LogP contribution in [0.1, 0.15) is 51.9 Å². The molecule has 0 aromatic rings. The first kappa shape index (κ1) is 14.3. The van der Waals surface area contributed by atoms with E-state index >= 15 is 0 Å². The zero-order chi connectivity index (χ0) is 14.2. The van der Waals surface area contributed by atoms with E-state index in [0.717, 1.165) is 45.3 Å². The van der Waals surface area contributed by atoms with Crippen LogP contribution in [-0.2, 0) is 14.3 Å². The monoisotopic (exact) mass is 281 g/mol. The van der Waals surface area contributed by atoms with Gasteiger partial charge in [-0.1, -0.05) is 13.3 Å². The molecule has 2 unspecified atom stereocenters. The summed E-state index contributed by atoms with van der Waals surface area (Å²) in [5.41, 5.74) is 0. The summed E-state index contributed by atoms with van der Waals surface area (Å²) in [7, 11) is 1.99. The van der Waals surface area contributed by atoms with Crippen molar-refractivity contribution in [3.05, 3.63) is 0 Å². The molecule has 1 spiro atoms. The largest absolute Gasteiger partial charge is 0.348 e. The van der Waals surface area contributed by atoms with E-state index in [0.29, 0.717) is 17.9 Å². The Bertz CT molecular complexity index is 355. The fraction of sp³-hybridized carbons (Fsp3) is 0.938. The highest BCUT2D eigenvalue weighted by atomic mass is 16.7. The topological polar surface area (TPSA) is 38.8 Å². The zero-order valence-electron chi connectivity index (χ0n) is 12.8. The minimum absolute atomic E-state index is 0.259. The van der Waals surface area contributed by atoms with Gasteiger partial charge in [0.2, 0.25) is 5.91 Å². The van der Waals surface area contributed by atoms with Gasteiger partial charge >= 0.3 is 0 Å². The molecular formula is C16H27NO3. The van der Waals surface area contributed by atoms with Crippen LogP contribution in [0.4, 0.5) is 0 Å². The highest BCUT2D eigenvalue weighted by molar-refractivity contribution is 5.79. The van der Waals surface area contributed by atoms with Gasteiger partial charge in [-0.25, -0.2) is 0 Å². The van der Waals surface area contributed by atoms with Gasteiger partial charge in [0.1, 0.15) is 0 Å². The Labute approximate surface area is 121 Å². The molecule has 1 amide bonds. The average Bonchev–Trinajstić information content (AvgIpc) is 3.08. The van der Waals surface area contributed by atoms with Crippen molar-refractivity contribution in [2.75, 3.05) is 20.3 Å². The van der Waals surface area contributed by atoms with Crippen LogP contribution in [0.5, 0.6) is 0 Å². The molecule has 4 heteroatoms. The third-order valence-electron chi connectivity index (χ3n) is 5.60. The van der Waals surface area contributed by atoms with Crippen molar-refractivity contribution in [1.29, 1.82) is 0 Å². The number of hydrogen-bond donors (Lipinski definition) is 0. The summed E-state index contributed by atoms with van der Waals surface area (Å²) >= 11 is 0. The minimum atomic E-state index is -0.318. The van der Waals surface area contributed by atoms with Gasteiger partial charge in [0.15, 0.2) is 5.79 Å². The van der Waals surface area contributed by atoms with Crippen molar-refractivity contribution in [2.24, 2.45) is 11.8 Å². The number of hydrogen-bond acceptors (Lipinski definition) is 3. The first-order chi connectivity index (χ1) is 9.61. The third kappa shape index (κ3) is 2.60. The van der Waals surface area contributed by atoms with Gasteiger partial charge in [-0.15, -0.1) is 0 Å². The molecule has 0 aromatic heterocycles. The summed E-state index contributed by atoms with van der Waals surface area (Å²) in [4.78, 5) is 14.7. The average molecular weight is 281 g/mol. The van der Waals surface area contributed by atoms with Gasteiger partial charge in [0.25, 0.3) is 0 Å². The number of nitrogens with zero attached hydrogens (tertiary/aromatic N) is 1. The second-order valence-electron chi connectivity index (χ2n) is 6.80. The van der Waals surface area contributed by atoms with Gasteiger partial charge in [-0.3, -0.25) is 4.79 Å². The van der Waals surface area contributed by atoms with E-state index in [2.05, 4.69) is 6.92 Å². The molecule has 20 heavy (non-hydrogen) atoms. The van der Waals surface area contributed by atoms with E-state index in [-0.39, 0.29) is 11.7 Å². The molecular weight excluding hydrogens is 254 g/mol. The Morgan fingerprint density at radius 1 is 1.10 bits per heavy atom. The molecule has 0 bridgehead atoms. The van der Waals surface area contributed by atoms with Crippen LogP contribution in [0.25, 0.3) is 0 Å². The smallest absolute Gasteiger partial charge is 0.225 e. The Kier molecular flexibility index (Phi) is 4.04. The van der Waals surface area contributed by atoms with E-state index in [1.807, 2.05) is 11.9 Å². The van der Waals surface area contributed by atoms with Gasteiger partial charge < -0.3 is 14.4 Å². The van der Waals surface area contributed by atoms with Crippen molar-refractivity contribution >= 4 is 5.91 Å². The van der Waals surface area contributed by atoms with Crippen molar-refractivity contribution in [3.63, 3.8) is 0 Å². The van der Waals surface area contributed by atoms with Gasteiger partial charge in [-0.05, 0) is 31.6 Å². The number of amides is 1. The number of carbonyl (C=O) groups excluding carboxylic acids is 1. The Balaban J connectivity index is 1.55. The third-order valence-corrected chi connectivity index (χ3v) is 5.60. The maximum atomic E-state index is 12.6. The maximum absolute atomic E-state index is 12.6. The Morgan fingerprint density at radius 2 is 1.75 bits per heavy atom.